The Morgan fingerprint density at radius 1 is 1.27 bits per heavy atom. The molecule has 22 heavy (non-hydrogen) atoms. The molecule has 0 aliphatic heterocycles. The van der Waals surface area contributed by atoms with E-state index < -0.39 is 6.10 Å². The summed E-state index contributed by atoms with van der Waals surface area (Å²) < 4.78 is 5.44. The lowest BCUT2D eigenvalue weighted by Gasteiger charge is -2.35. The van der Waals surface area contributed by atoms with Crippen LogP contribution in [0.25, 0.3) is 0 Å². The van der Waals surface area contributed by atoms with Crippen LogP contribution in [-0.2, 0) is 9.53 Å². The Morgan fingerprint density at radius 2 is 1.95 bits per heavy atom. The average Bonchev–Trinajstić information content (AvgIpc) is 2.52. The van der Waals surface area contributed by atoms with Crippen molar-refractivity contribution in [3.63, 3.8) is 0 Å². The van der Waals surface area contributed by atoms with Crippen molar-refractivity contribution in [1.82, 2.24) is 0 Å². The van der Waals surface area contributed by atoms with Crippen molar-refractivity contribution >= 4 is 5.97 Å². The summed E-state index contributed by atoms with van der Waals surface area (Å²) in [4.78, 5) is 12.5. The van der Waals surface area contributed by atoms with E-state index in [1.54, 1.807) is 0 Å². The predicted octanol–water partition coefficient (Wildman–Crippen LogP) is 3.97. The zero-order valence-electron chi connectivity index (χ0n) is 13.9. The Hall–Kier alpha value is -1.35. The Balaban J connectivity index is 1.92. The summed E-state index contributed by atoms with van der Waals surface area (Å²) in [6.07, 6.45) is 2.45. The van der Waals surface area contributed by atoms with Gasteiger partial charge in [-0.1, -0.05) is 57.5 Å². The number of hydrogen-bond acceptors (Lipinski definition) is 3. The first-order chi connectivity index (χ1) is 10.5. The van der Waals surface area contributed by atoms with Gasteiger partial charge < -0.3 is 9.84 Å². The van der Waals surface area contributed by atoms with Crippen LogP contribution in [0.3, 0.4) is 0 Å². The fourth-order valence-electron chi connectivity index (χ4n) is 3.51. The highest BCUT2D eigenvalue weighted by molar-refractivity contribution is 5.73. The summed E-state index contributed by atoms with van der Waals surface area (Å²) in [5, 5.41) is 10.1. The van der Waals surface area contributed by atoms with Crippen LogP contribution in [0.1, 0.15) is 51.7 Å². The van der Waals surface area contributed by atoms with Gasteiger partial charge >= 0.3 is 5.97 Å². The van der Waals surface area contributed by atoms with Crippen molar-refractivity contribution < 1.29 is 14.6 Å². The quantitative estimate of drug-likeness (QED) is 0.837. The molecule has 0 unspecified atom stereocenters. The molecule has 0 amide bonds. The minimum Gasteiger partial charge on any atom is -0.462 e. The van der Waals surface area contributed by atoms with Crippen LogP contribution in [-0.4, -0.2) is 17.7 Å². The van der Waals surface area contributed by atoms with Crippen molar-refractivity contribution in [3.05, 3.63) is 35.9 Å². The number of rotatable bonds is 5. The molecule has 1 aliphatic rings. The van der Waals surface area contributed by atoms with E-state index in [9.17, 15) is 9.90 Å². The van der Waals surface area contributed by atoms with Crippen LogP contribution >= 0.6 is 0 Å². The molecule has 1 aliphatic carbocycles. The third-order valence-electron chi connectivity index (χ3n) is 4.89. The van der Waals surface area contributed by atoms with E-state index in [2.05, 4.69) is 20.8 Å². The monoisotopic (exact) mass is 304 g/mol. The van der Waals surface area contributed by atoms with Gasteiger partial charge in [0.25, 0.3) is 0 Å². The summed E-state index contributed by atoms with van der Waals surface area (Å²) >= 11 is 0. The Bertz CT molecular complexity index is 469. The Morgan fingerprint density at radius 3 is 2.59 bits per heavy atom. The van der Waals surface area contributed by atoms with Gasteiger partial charge in [-0.2, -0.15) is 0 Å². The van der Waals surface area contributed by atoms with Crippen molar-refractivity contribution in [1.29, 1.82) is 0 Å². The first-order valence-corrected chi connectivity index (χ1v) is 8.38. The minimum absolute atomic E-state index is 0.0216. The fraction of sp³-hybridized carbons (Fsp3) is 0.632. The van der Waals surface area contributed by atoms with Gasteiger partial charge in [-0.3, -0.25) is 4.79 Å². The number of aliphatic hydroxyl groups is 1. The van der Waals surface area contributed by atoms with Crippen LogP contribution < -0.4 is 0 Å². The van der Waals surface area contributed by atoms with Crippen LogP contribution in [0, 0.1) is 23.7 Å². The summed E-state index contributed by atoms with van der Waals surface area (Å²) in [6.45, 7) is 6.60. The van der Waals surface area contributed by atoms with E-state index in [0.717, 1.165) is 18.4 Å². The van der Waals surface area contributed by atoms with Gasteiger partial charge in [-0.25, -0.2) is 0 Å². The number of hydrogen-bond donors (Lipinski definition) is 1. The molecule has 122 valence electrons. The molecule has 3 heteroatoms. The van der Waals surface area contributed by atoms with E-state index in [1.807, 2.05) is 30.3 Å². The molecule has 0 spiro atoms. The second-order valence-electron chi connectivity index (χ2n) is 6.99. The third-order valence-corrected chi connectivity index (χ3v) is 4.89. The van der Waals surface area contributed by atoms with Gasteiger partial charge in [0, 0.05) is 0 Å². The molecule has 0 heterocycles. The molecular weight excluding hydrogens is 276 g/mol. The first kappa shape index (κ1) is 17.0. The van der Waals surface area contributed by atoms with E-state index >= 15 is 0 Å². The summed E-state index contributed by atoms with van der Waals surface area (Å²) in [5.74, 6) is 1.31. The number of carbonyl (C=O) groups excluding carboxylic acids is 1. The molecular formula is C19H28O3. The van der Waals surface area contributed by atoms with Gasteiger partial charge in [-0.05, 0) is 36.2 Å². The average molecular weight is 304 g/mol. The van der Waals surface area contributed by atoms with E-state index in [1.165, 1.54) is 6.42 Å². The van der Waals surface area contributed by atoms with Crippen molar-refractivity contribution in [2.45, 2.75) is 46.1 Å². The standard InChI is InChI=1S/C19H28O3/c1-13(2)16-10-9-14(3)11-17(16)19(21)22-12-18(20)15-7-5-4-6-8-15/h4-8,13-14,16-18,20H,9-12H2,1-3H3/t14-,16+,17-,18-/m1/s1. The van der Waals surface area contributed by atoms with Gasteiger partial charge in [0.05, 0.1) is 5.92 Å². The van der Waals surface area contributed by atoms with Crippen LogP contribution in [0.2, 0.25) is 0 Å². The van der Waals surface area contributed by atoms with Crippen molar-refractivity contribution in [3.8, 4) is 0 Å². The van der Waals surface area contributed by atoms with E-state index in [0.29, 0.717) is 17.8 Å². The number of aliphatic hydroxyl groups excluding tert-OH is 1. The first-order valence-electron chi connectivity index (χ1n) is 8.38. The van der Waals surface area contributed by atoms with Crippen LogP contribution in [0.4, 0.5) is 0 Å². The summed E-state index contributed by atoms with van der Waals surface area (Å²) in [7, 11) is 0. The van der Waals surface area contributed by atoms with Gasteiger partial charge in [0.2, 0.25) is 0 Å². The molecule has 0 saturated heterocycles. The topological polar surface area (TPSA) is 46.5 Å². The highest BCUT2D eigenvalue weighted by atomic mass is 16.5. The predicted molar refractivity (Wildman–Crippen MR) is 87.2 cm³/mol. The maximum Gasteiger partial charge on any atom is 0.309 e. The second-order valence-corrected chi connectivity index (χ2v) is 6.99. The number of carbonyl (C=O) groups is 1. The van der Waals surface area contributed by atoms with E-state index in [-0.39, 0.29) is 18.5 Å². The van der Waals surface area contributed by atoms with Gasteiger partial charge in [-0.15, -0.1) is 0 Å². The molecule has 0 aromatic heterocycles. The zero-order chi connectivity index (χ0) is 16.1. The van der Waals surface area contributed by atoms with Gasteiger partial charge in [0.15, 0.2) is 0 Å². The third kappa shape index (κ3) is 4.33. The number of ether oxygens (including phenoxy) is 1. The van der Waals surface area contributed by atoms with Crippen molar-refractivity contribution in [2.24, 2.45) is 23.7 Å². The maximum atomic E-state index is 12.5. The SMILES string of the molecule is CC(C)[C@@H]1CC[C@@H](C)C[C@H]1C(=O)OC[C@@H](O)c1ccccc1. The highest BCUT2D eigenvalue weighted by Crippen LogP contribution is 2.38. The second kappa shape index (κ2) is 7.77. The number of benzene rings is 1. The minimum atomic E-state index is -0.747. The largest absolute Gasteiger partial charge is 0.462 e. The van der Waals surface area contributed by atoms with E-state index in [4.69, 9.17) is 4.74 Å². The Kier molecular flexibility index (Phi) is 6.01. The smallest absolute Gasteiger partial charge is 0.309 e. The molecule has 0 radical (unpaired) electrons. The lowest BCUT2D eigenvalue weighted by molar-refractivity contribution is -0.156. The Labute approximate surface area is 133 Å². The molecule has 1 aromatic carbocycles. The summed E-state index contributed by atoms with van der Waals surface area (Å²) in [5.41, 5.74) is 0.785. The van der Waals surface area contributed by atoms with Crippen LogP contribution in [0.15, 0.2) is 30.3 Å². The fourth-order valence-corrected chi connectivity index (χ4v) is 3.51. The molecule has 4 atom stereocenters. The lowest BCUT2D eigenvalue weighted by atomic mass is 9.70. The molecule has 3 nitrogen and oxygen atoms in total. The molecule has 2 rings (SSSR count). The lowest BCUT2D eigenvalue weighted by Crippen LogP contribution is -2.35. The molecule has 1 fully saturated rings. The highest BCUT2D eigenvalue weighted by Gasteiger charge is 2.36. The number of esters is 1. The normalized spacial score (nSPS) is 26.7. The maximum absolute atomic E-state index is 12.5. The van der Waals surface area contributed by atoms with Crippen LogP contribution in [0.5, 0.6) is 0 Å². The zero-order valence-corrected chi connectivity index (χ0v) is 13.9. The summed E-state index contributed by atoms with van der Waals surface area (Å²) in [6, 6.07) is 9.34. The molecule has 1 N–H and O–H groups in total. The van der Waals surface area contributed by atoms with Crippen molar-refractivity contribution in [2.75, 3.05) is 6.61 Å². The van der Waals surface area contributed by atoms with Gasteiger partial charge in [0.1, 0.15) is 12.7 Å². The molecule has 0 bridgehead atoms. The molecule has 1 saturated carbocycles. The molecule has 1 aromatic rings.